The molecule has 9 aromatic carbocycles. The molecule has 0 radical (unpaired) electrons. The van der Waals surface area contributed by atoms with Crippen molar-refractivity contribution in [1.82, 2.24) is 10.6 Å². The average molecular weight is 742 g/mol. The zero-order valence-corrected chi connectivity index (χ0v) is 31.8. The molecule has 0 fully saturated rings. The van der Waals surface area contributed by atoms with E-state index in [4.69, 9.17) is 0 Å². The van der Waals surface area contributed by atoms with Gasteiger partial charge in [0.2, 0.25) is 0 Å². The van der Waals surface area contributed by atoms with Gasteiger partial charge in [0, 0.05) is 22.2 Å². The van der Waals surface area contributed by atoms with Crippen molar-refractivity contribution >= 4 is 44.3 Å². The molecule has 2 heterocycles. The van der Waals surface area contributed by atoms with E-state index in [0.717, 1.165) is 11.4 Å². The van der Waals surface area contributed by atoms with Gasteiger partial charge in [-0.1, -0.05) is 194 Å². The normalized spacial score (nSPS) is 17.2. The van der Waals surface area contributed by atoms with Crippen LogP contribution < -0.4 is 15.5 Å². The summed E-state index contributed by atoms with van der Waals surface area (Å²) in [6.07, 6.45) is 2.30. The van der Waals surface area contributed by atoms with Crippen molar-refractivity contribution in [3.8, 4) is 11.1 Å². The van der Waals surface area contributed by atoms with Gasteiger partial charge >= 0.3 is 0 Å². The summed E-state index contributed by atoms with van der Waals surface area (Å²) in [5, 5.41) is 12.8. The predicted molar refractivity (Wildman–Crippen MR) is 240 cm³/mol. The Morgan fingerprint density at radius 3 is 1.69 bits per heavy atom. The summed E-state index contributed by atoms with van der Waals surface area (Å²) in [4.78, 5) is 2.55. The summed E-state index contributed by atoms with van der Waals surface area (Å²) < 4.78 is 0. The molecule has 0 aromatic heterocycles. The summed E-state index contributed by atoms with van der Waals surface area (Å²) in [5.74, 6) is 0. The zero-order valence-electron chi connectivity index (χ0n) is 31.8. The van der Waals surface area contributed by atoms with Gasteiger partial charge in [0.1, 0.15) is 6.17 Å². The fourth-order valence-corrected chi connectivity index (χ4v) is 10.2. The average Bonchev–Trinajstić information content (AvgIpc) is 3.59. The Morgan fingerprint density at radius 1 is 0.431 bits per heavy atom. The van der Waals surface area contributed by atoms with Gasteiger partial charge in [-0.15, -0.1) is 0 Å². The summed E-state index contributed by atoms with van der Waals surface area (Å²) in [5.41, 5.74) is 15.6. The molecule has 2 aliphatic heterocycles. The molecule has 274 valence electrons. The number of nitrogens with zero attached hydrogens (tertiary/aromatic N) is 1. The lowest BCUT2D eigenvalue weighted by atomic mass is 9.63. The number of hydrogen-bond acceptors (Lipinski definition) is 3. The largest absolute Gasteiger partial charge is 0.366 e. The van der Waals surface area contributed by atoms with E-state index in [2.05, 4.69) is 228 Å². The predicted octanol–water partition coefficient (Wildman–Crippen LogP) is 13.1. The Bertz CT molecular complexity index is 2990. The highest BCUT2D eigenvalue weighted by molar-refractivity contribution is 6.11. The molecule has 12 rings (SSSR count). The van der Waals surface area contributed by atoms with Crippen LogP contribution in [0.3, 0.4) is 0 Å². The van der Waals surface area contributed by atoms with Crippen molar-refractivity contribution < 1.29 is 0 Å². The third-order valence-electron chi connectivity index (χ3n) is 12.7. The van der Waals surface area contributed by atoms with Crippen LogP contribution in [0.1, 0.15) is 51.2 Å². The summed E-state index contributed by atoms with van der Waals surface area (Å²) in [7, 11) is 0. The first-order valence-electron chi connectivity index (χ1n) is 20.3. The molecule has 3 nitrogen and oxygen atoms in total. The molecule has 2 unspecified atom stereocenters. The standard InChI is InChI=1S/C55H39N3/c1-4-18-38(19-5-1)50-35-51(57-54(56-50)39-20-6-2-7-21-39)40-28-31-45-44-26-14-15-27-46(44)55(49(45)34-40)47-32-29-36-16-10-12-24-42(36)52(47)58(41-22-8-3-9-23-41)53-43-25-13-11-17-37(43)30-33-48(53)55/h1-35,51,54,56-57H. The van der Waals surface area contributed by atoms with Gasteiger partial charge in [-0.05, 0) is 79.1 Å². The first-order chi connectivity index (χ1) is 28.8. The van der Waals surface area contributed by atoms with E-state index in [0.29, 0.717) is 0 Å². The third-order valence-corrected chi connectivity index (χ3v) is 12.7. The van der Waals surface area contributed by atoms with E-state index in [1.165, 1.54) is 83.0 Å². The van der Waals surface area contributed by atoms with Crippen molar-refractivity contribution in [2.75, 3.05) is 4.90 Å². The molecule has 3 aliphatic rings. The monoisotopic (exact) mass is 741 g/mol. The molecule has 1 aliphatic carbocycles. The van der Waals surface area contributed by atoms with Crippen molar-refractivity contribution in [2.45, 2.75) is 17.6 Å². The lowest BCUT2D eigenvalue weighted by molar-refractivity contribution is 0.442. The quantitative estimate of drug-likeness (QED) is 0.188. The van der Waals surface area contributed by atoms with E-state index < -0.39 is 5.41 Å². The highest BCUT2D eigenvalue weighted by Crippen LogP contribution is 2.65. The van der Waals surface area contributed by atoms with Gasteiger partial charge in [-0.2, -0.15) is 0 Å². The van der Waals surface area contributed by atoms with Gasteiger partial charge in [0.25, 0.3) is 0 Å². The maximum Gasteiger partial charge on any atom is 0.104 e. The first kappa shape index (κ1) is 33.0. The molecule has 58 heavy (non-hydrogen) atoms. The van der Waals surface area contributed by atoms with Crippen LogP contribution in [-0.4, -0.2) is 0 Å². The minimum Gasteiger partial charge on any atom is -0.366 e. The third kappa shape index (κ3) is 4.78. The molecular weight excluding hydrogens is 703 g/mol. The molecule has 2 atom stereocenters. The Kier molecular flexibility index (Phi) is 7.35. The minimum absolute atomic E-state index is 0.0516. The van der Waals surface area contributed by atoms with Gasteiger partial charge in [-0.25, -0.2) is 0 Å². The first-order valence-corrected chi connectivity index (χ1v) is 20.3. The van der Waals surface area contributed by atoms with Crippen LogP contribution in [-0.2, 0) is 5.41 Å². The second kappa shape index (κ2) is 12.9. The molecular formula is C55H39N3. The molecule has 0 bridgehead atoms. The van der Waals surface area contributed by atoms with Crippen LogP contribution in [0.25, 0.3) is 38.4 Å². The lowest BCUT2D eigenvalue weighted by Crippen LogP contribution is -2.40. The van der Waals surface area contributed by atoms with Gasteiger partial charge in [0.05, 0.1) is 22.8 Å². The van der Waals surface area contributed by atoms with Crippen LogP contribution in [0.2, 0.25) is 0 Å². The van der Waals surface area contributed by atoms with Gasteiger partial charge in [0.15, 0.2) is 0 Å². The van der Waals surface area contributed by atoms with Crippen molar-refractivity contribution in [1.29, 1.82) is 0 Å². The molecule has 0 amide bonds. The number of nitrogens with one attached hydrogen (secondary N) is 2. The molecule has 1 spiro atoms. The van der Waals surface area contributed by atoms with Crippen molar-refractivity contribution in [3.05, 3.63) is 251 Å². The molecule has 0 saturated carbocycles. The second-order valence-electron chi connectivity index (χ2n) is 15.7. The van der Waals surface area contributed by atoms with Gasteiger partial charge in [-0.3, -0.25) is 5.32 Å². The Morgan fingerprint density at radius 2 is 1.00 bits per heavy atom. The lowest BCUT2D eigenvalue weighted by Gasteiger charge is -2.46. The fourth-order valence-electron chi connectivity index (χ4n) is 10.2. The topological polar surface area (TPSA) is 27.3 Å². The van der Waals surface area contributed by atoms with Crippen LogP contribution in [0.15, 0.2) is 212 Å². The Balaban J connectivity index is 1.17. The summed E-state index contributed by atoms with van der Waals surface area (Å²) in [6.45, 7) is 0. The molecule has 2 N–H and O–H groups in total. The van der Waals surface area contributed by atoms with E-state index in [-0.39, 0.29) is 12.2 Å². The molecule has 3 heteroatoms. The van der Waals surface area contributed by atoms with Crippen LogP contribution in [0, 0.1) is 0 Å². The van der Waals surface area contributed by atoms with Crippen LogP contribution >= 0.6 is 0 Å². The van der Waals surface area contributed by atoms with E-state index >= 15 is 0 Å². The van der Waals surface area contributed by atoms with Gasteiger partial charge < -0.3 is 10.2 Å². The van der Waals surface area contributed by atoms with E-state index in [1.807, 2.05) is 0 Å². The van der Waals surface area contributed by atoms with Crippen molar-refractivity contribution in [2.24, 2.45) is 0 Å². The fraction of sp³-hybridized carbons (Fsp3) is 0.0545. The number of hydrogen-bond donors (Lipinski definition) is 2. The number of benzene rings is 9. The zero-order chi connectivity index (χ0) is 38.2. The minimum atomic E-state index is -0.594. The number of fused-ring (bicyclic) bond motifs is 13. The number of anilines is 3. The SMILES string of the molecule is C1=C(c2ccccc2)NC(c2ccccc2)NC1c1ccc2c(c1)C1(c3ccccc3-2)c2ccc3ccccc3c2N(c2ccccc2)c2c1ccc1ccccc21. The Hall–Kier alpha value is -7.20. The highest BCUT2D eigenvalue weighted by Gasteiger charge is 2.52. The second-order valence-corrected chi connectivity index (χ2v) is 15.7. The van der Waals surface area contributed by atoms with Crippen LogP contribution in [0.4, 0.5) is 17.1 Å². The molecule has 0 saturated heterocycles. The van der Waals surface area contributed by atoms with E-state index in [9.17, 15) is 0 Å². The Labute approximate surface area is 338 Å². The summed E-state index contributed by atoms with van der Waals surface area (Å²) >= 11 is 0. The highest BCUT2D eigenvalue weighted by atomic mass is 15.2. The molecule has 9 aromatic rings. The van der Waals surface area contributed by atoms with Crippen molar-refractivity contribution in [3.63, 3.8) is 0 Å². The maximum atomic E-state index is 4.01. The maximum absolute atomic E-state index is 4.01. The smallest absolute Gasteiger partial charge is 0.104 e. The number of rotatable bonds is 4. The van der Waals surface area contributed by atoms with E-state index in [1.54, 1.807) is 0 Å². The van der Waals surface area contributed by atoms with Crippen LogP contribution in [0.5, 0.6) is 0 Å². The summed E-state index contributed by atoms with van der Waals surface area (Å²) in [6, 6.07) is 76.1. The number of para-hydroxylation sites is 1.